The average molecular weight is 386 g/mol. The van der Waals surface area contributed by atoms with E-state index in [9.17, 15) is 13.2 Å². The fourth-order valence-electron chi connectivity index (χ4n) is 2.61. The van der Waals surface area contributed by atoms with E-state index in [-0.39, 0.29) is 24.4 Å². The number of halogens is 3. The van der Waals surface area contributed by atoms with Crippen molar-refractivity contribution < 1.29 is 23.4 Å². The van der Waals surface area contributed by atoms with Gasteiger partial charge >= 0.3 is 6.18 Å². The summed E-state index contributed by atoms with van der Waals surface area (Å²) in [5.41, 5.74) is 1.53. The van der Waals surface area contributed by atoms with E-state index in [2.05, 4.69) is 15.2 Å². The number of fused-ring (bicyclic) bond motifs is 3. The normalized spacial score (nSPS) is 12.3. The number of aromatic nitrogens is 4. The molecule has 3 rings (SSSR count). The van der Waals surface area contributed by atoms with Crippen LogP contribution in [0.1, 0.15) is 24.2 Å². The highest BCUT2D eigenvalue weighted by Gasteiger charge is 2.38. The van der Waals surface area contributed by atoms with Crippen molar-refractivity contribution in [2.75, 3.05) is 19.0 Å². The number of nitrogens with zero attached hydrogens (tertiary/aromatic N) is 4. The van der Waals surface area contributed by atoms with E-state index in [4.69, 9.17) is 10.2 Å². The maximum Gasteiger partial charge on any atom is 0.452 e. The molecule has 0 aliphatic carbocycles. The first-order chi connectivity index (χ1) is 12.5. The molecule has 0 saturated heterocycles. The lowest BCUT2D eigenvalue weighted by Gasteiger charge is -2.11. The maximum atomic E-state index is 13.4. The molecular weight excluding hydrogens is 369 g/mol. The molecule has 3 aromatic rings. The predicted molar refractivity (Wildman–Crippen MR) is 91.1 cm³/mol. The van der Waals surface area contributed by atoms with Gasteiger partial charge in [0.25, 0.3) is 0 Å². The van der Waals surface area contributed by atoms with Gasteiger partial charge in [-0.25, -0.2) is 4.98 Å². The number of aliphatic hydroxyl groups excluding tert-OH is 2. The van der Waals surface area contributed by atoms with Gasteiger partial charge in [0.05, 0.1) is 11.0 Å². The molecule has 10 heteroatoms. The van der Waals surface area contributed by atoms with Crippen molar-refractivity contribution in [3.05, 3.63) is 29.6 Å². The molecule has 0 amide bonds. The summed E-state index contributed by atoms with van der Waals surface area (Å²) in [6.07, 6.45) is -3.09. The summed E-state index contributed by atoms with van der Waals surface area (Å²) in [7, 11) is 0. The summed E-state index contributed by atoms with van der Waals surface area (Å²) in [5, 5.41) is 25.3. The molecule has 0 aliphatic heterocycles. The second-order valence-electron chi connectivity index (χ2n) is 5.67. The number of benzene rings is 1. The molecule has 26 heavy (non-hydrogen) atoms. The van der Waals surface area contributed by atoms with E-state index in [1.807, 2.05) is 0 Å². The number of thioether (sulfide) groups is 1. The lowest BCUT2D eigenvalue weighted by Crippen LogP contribution is -2.12. The van der Waals surface area contributed by atoms with Crippen LogP contribution in [0.5, 0.6) is 0 Å². The van der Waals surface area contributed by atoms with Gasteiger partial charge in [0.15, 0.2) is 5.65 Å². The fraction of sp³-hybridized carbons (Fsp3) is 0.438. The van der Waals surface area contributed by atoms with Crippen LogP contribution in [0.2, 0.25) is 0 Å². The van der Waals surface area contributed by atoms with Gasteiger partial charge in [-0.15, -0.1) is 22.0 Å². The van der Waals surface area contributed by atoms with E-state index < -0.39 is 12.0 Å². The topological polar surface area (TPSA) is 83.5 Å². The van der Waals surface area contributed by atoms with E-state index in [1.54, 1.807) is 18.2 Å². The summed E-state index contributed by atoms with van der Waals surface area (Å²) in [6.45, 7) is -0.00184. The molecule has 0 radical (unpaired) electrons. The summed E-state index contributed by atoms with van der Waals surface area (Å²) >= 11 is 1.24. The van der Waals surface area contributed by atoms with Gasteiger partial charge in [0.1, 0.15) is 5.03 Å². The van der Waals surface area contributed by atoms with Gasteiger partial charge in [-0.3, -0.25) is 4.40 Å². The van der Waals surface area contributed by atoms with E-state index in [0.29, 0.717) is 35.6 Å². The Morgan fingerprint density at radius 3 is 2.54 bits per heavy atom. The first-order valence-electron chi connectivity index (χ1n) is 8.05. The number of hydrogen-bond acceptors (Lipinski definition) is 6. The second kappa shape index (κ2) is 7.77. The molecule has 0 fully saturated rings. The minimum atomic E-state index is -4.65. The highest BCUT2D eigenvalue weighted by molar-refractivity contribution is 7.99. The third kappa shape index (κ3) is 3.76. The Labute approximate surface area is 151 Å². The largest absolute Gasteiger partial charge is 0.452 e. The van der Waals surface area contributed by atoms with Crippen molar-refractivity contribution in [2.45, 2.75) is 30.5 Å². The van der Waals surface area contributed by atoms with Gasteiger partial charge in [0.2, 0.25) is 5.82 Å². The van der Waals surface area contributed by atoms with Crippen molar-refractivity contribution in [1.82, 2.24) is 19.6 Å². The Morgan fingerprint density at radius 1 is 1.08 bits per heavy atom. The molecule has 1 aromatic carbocycles. The molecule has 0 atom stereocenters. The van der Waals surface area contributed by atoms with Crippen LogP contribution in [-0.4, -0.2) is 48.8 Å². The summed E-state index contributed by atoms with van der Waals surface area (Å²) in [6, 6.07) is 5.08. The molecule has 0 unspecified atom stereocenters. The third-order valence-corrected chi connectivity index (χ3v) is 4.82. The van der Waals surface area contributed by atoms with Crippen LogP contribution in [0.15, 0.2) is 23.2 Å². The Hall–Kier alpha value is -1.91. The summed E-state index contributed by atoms with van der Waals surface area (Å²) in [4.78, 5) is 4.43. The number of aryl methyl sites for hydroxylation is 1. The van der Waals surface area contributed by atoms with Crippen molar-refractivity contribution in [3.63, 3.8) is 0 Å². The van der Waals surface area contributed by atoms with Crippen LogP contribution in [0, 0.1) is 0 Å². The summed E-state index contributed by atoms with van der Waals surface area (Å²) in [5.74, 6) is -0.587. The molecule has 2 heterocycles. The Balaban J connectivity index is 2.20. The van der Waals surface area contributed by atoms with Crippen LogP contribution >= 0.6 is 11.8 Å². The van der Waals surface area contributed by atoms with E-state index >= 15 is 0 Å². The van der Waals surface area contributed by atoms with Gasteiger partial charge in [0, 0.05) is 19.0 Å². The zero-order valence-corrected chi connectivity index (χ0v) is 14.5. The highest BCUT2D eigenvalue weighted by Crippen LogP contribution is 2.33. The molecule has 6 nitrogen and oxygen atoms in total. The van der Waals surface area contributed by atoms with Crippen LogP contribution in [-0.2, 0) is 12.6 Å². The lowest BCUT2D eigenvalue weighted by molar-refractivity contribution is -0.145. The molecule has 2 N–H and O–H groups in total. The molecular formula is C16H17F3N4O2S. The van der Waals surface area contributed by atoms with Crippen LogP contribution < -0.4 is 0 Å². The lowest BCUT2D eigenvalue weighted by atomic mass is 10.1. The zero-order chi connectivity index (χ0) is 18.7. The van der Waals surface area contributed by atoms with Crippen LogP contribution in [0.3, 0.4) is 0 Å². The van der Waals surface area contributed by atoms with E-state index in [0.717, 1.165) is 9.96 Å². The minimum Gasteiger partial charge on any atom is -0.396 e. The quantitative estimate of drug-likeness (QED) is 0.480. The number of hydrogen-bond donors (Lipinski definition) is 2. The molecule has 140 valence electrons. The SMILES string of the molecule is OCCCSc1nc2ccc(CCCO)cc2n2c(C(F)(F)F)nnc12. The van der Waals surface area contributed by atoms with Crippen molar-refractivity contribution in [1.29, 1.82) is 0 Å². The standard InChI is InChI=1S/C16H17F3N4O2S/c17-16(18,19)15-22-21-13-14(26-8-2-7-25)20-11-5-4-10(3-1-6-24)9-12(11)23(13)15/h4-5,9,24-25H,1-3,6-8H2. The van der Waals surface area contributed by atoms with Crippen molar-refractivity contribution in [2.24, 2.45) is 0 Å². The Kier molecular flexibility index (Phi) is 5.64. The van der Waals surface area contributed by atoms with Gasteiger partial charge in [-0.2, -0.15) is 13.2 Å². The first kappa shape index (κ1) is 18.9. The molecule has 0 aliphatic rings. The monoisotopic (exact) mass is 386 g/mol. The molecule has 0 bridgehead atoms. The Bertz CT molecular complexity index is 914. The van der Waals surface area contributed by atoms with Crippen molar-refractivity contribution in [3.8, 4) is 0 Å². The first-order valence-corrected chi connectivity index (χ1v) is 9.03. The average Bonchev–Trinajstić information content (AvgIpc) is 3.06. The van der Waals surface area contributed by atoms with Gasteiger partial charge in [-0.05, 0) is 37.0 Å². The Morgan fingerprint density at radius 2 is 1.85 bits per heavy atom. The fourth-order valence-corrected chi connectivity index (χ4v) is 3.50. The van der Waals surface area contributed by atoms with Crippen LogP contribution in [0.25, 0.3) is 16.7 Å². The maximum absolute atomic E-state index is 13.4. The van der Waals surface area contributed by atoms with Gasteiger partial charge in [-0.1, -0.05) is 6.07 Å². The molecule has 0 spiro atoms. The van der Waals surface area contributed by atoms with E-state index in [1.165, 1.54) is 11.8 Å². The molecule has 2 aromatic heterocycles. The predicted octanol–water partition coefficient (Wildman–Crippen LogP) is 2.70. The number of alkyl halides is 3. The number of rotatable bonds is 7. The zero-order valence-electron chi connectivity index (χ0n) is 13.7. The minimum absolute atomic E-state index is 0.00651. The summed E-state index contributed by atoms with van der Waals surface area (Å²) < 4.78 is 41.2. The molecule has 0 saturated carbocycles. The second-order valence-corrected chi connectivity index (χ2v) is 6.76. The third-order valence-electron chi connectivity index (χ3n) is 3.78. The number of aliphatic hydroxyl groups is 2. The smallest absolute Gasteiger partial charge is 0.396 e. The van der Waals surface area contributed by atoms with Gasteiger partial charge < -0.3 is 10.2 Å². The highest BCUT2D eigenvalue weighted by atomic mass is 32.2. The van der Waals surface area contributed by atoms with Crippen molar-refractivity contribution >= 4 is 28.4 Å². The van der Waals surface area contributed by atoms with Crippen LogP contribution in [0.4, 0.5) is 13.2 Å².